The minimum Gasteiger partial charge on any atom is -0.497 e. The van der Waals surface area contributed by atoms with Crippen LogP contribution in [0.1, 0.15) is 33.1 Å². The molecule has 8 heteroatoms. The molecule has 1 N–H and O–H groups in total. The molecule has 2 aromatic rings. The fourth-order valence-electron chi connectivity index (χ4n) is 2.50. The third kappa shape index (κ3) is 6.09. The highest BCUT2D eigenvalue weighted by atomic mass is 16.5. The molecule has 8 nitrogen and oxygen atoms in total. The Morgan fingerprint density at radius 2 is 1.96 bits per heavy atom. The van der Waals surface area contributed by atoms with E-state index in [0.29, 0.717) is 24.7 Å². The van der Waals surface area contributed by atoms with Gasteiger partial charge in [-0.05, 0) is 45.0 Å². The van der Waals surface area contributed by atoms with Crippen molar-refractivity contribution in [1.29, 1.82) is 0 Å². The van der Waals surface area contributed by atoms with Crippen LogP contribution in [-0.4, -0.2) is 53.1 Å². The van der Waals surface area contributed by atoms with Crippen molar-refractivity contribution in [2.24, 2.45) is 0 Å². The molecule has 1 heterocycles. The molecule has 2 rings (SSSR count). The van der Waals surface area contributed by atoms with Crippen molar-refractivity contribution in [1.82, 2.24) is 20.4 Å². The van der Waals surface area contributed by atoms with Gasteiger partial charge in [-0.15, -0.1) is 0 Å². The number of carbonyl (C=O) groups excluding carboxylic acids is 2. The van der Waals surface area contributed by atoms with E-state index in [1.165, 1.54) is 4.90 Å². The molecule has 0 radical (unpaired) electrons. The number of nitrogens with zero attached hydrogens (tertiary/aromatic N) is 3. The molecule has 0 aliphatic rings. The Balaban J connectivity index is 1.90. The summed E-state index contributed by atoms with van der Waals surface area (Å²) >= 11 is 0. The second-order valence-corrected chi connectivity index (χ2v) is 6.37. The molecular weight excluding hydrogens is 348 g/mol. The first kappa shape index (κ1) is 20.4. The predicted molar refractivity (Wildman–Crippen MR) is 100 cm³/mol. The monoisotopic (exact) mass is 374 g/mol. The van der Waals surface area contributed by atoms with Gasteiger partial charge in [-0.25, -0.2) is 0 Å². The normalized spacial score (nSPS) is 10.7. The first-order valence-corrected chi connectivity index (χ1v) is 8.97. The summed E-state index contributed by atoms with van der Waals surface area (Å²) in [5.74, 6) is 1.30. The Morgan fingerprint density at radius 3 is 2.56 bits per heavy atom. The summed E-state index contributed by atoms with van der Waals surface area (Å²) in [6.07, 6.45) is 0.525. The summed E-state index contributed by atoms with van der Waals surface area (Å²) < 4.78 is 10.4. The number of amides is 2. The maximum absolute atomic E-state index is 12.4. The van der Waals surface area contributed by atoms with Crippen LogP contribution in [0.25, 0.3) is 11.4 Å². The summed E-state index contributed by atoms with van der Waals surface area (Å²) in [6, 6.07) is 7.35. The lowest BCUT2D eigenvalue weighted by Crippen LogP contribution is -2.42. The molecule has 0 bridgehead atoms. The van der Waals surface area contributed by atoms with E-state index >= 15 is 0 Å². The SMILES string of the molecule is CCN(CC(=O)NC(C)C)C(=O)CCc1nc(-c2ccc(OC)cc2)no1. The van der Waals surface area contributed by atoms with E-state index in [-0.39, 0.29) is 30.8 Å². The third-order valence-corrected chi connectivity index (χ3v) is 3.89. The smallest absolute Gasteiger partial charge is 0.239 e. The zero-order valence-electron chi connectivity index (χ0n) is 16.2. The van der Waals surface area contributed by atoms with E-state index in [9.17, 15) is 9.59 Å². The van der Waals surface area contributed by atoms with Crippen molar-refractivity contribution in [3.63, 3.8) is 0 Å². The summed E-state index contributed by atoms with van der Waals surface area (Å²) in [5.41, 5.74) is 0.803. The second-order valence-electron chi connectivity index (χ2n) is 6.37. The zero-order chi connectivity index (χ0) is 19.8. The first-order valence-electron chi connectivity index (χ1n) is 8.97. The van der Waals surface area contributed by atoms with Gasteiger partial charge in [0.15, 0.2) is 0 Å². The van der Waals surface area contributed by atoms with Crippen LogP contribution in [0.2, 0.25) is 0 Å². The van der Waals surface area contributed by atoms with Crippen LogP contribution >= 0.6 is 0 Å². The van der Waals surface area contributed by atoms with Gasteiger partial charge in [0.2, 0.25) is 23.5 Å². The van der Waals surface area contributed by atoms with Crippen molar-refractivity contribution in [3.8, 4) is 17.1 Å². The molecule has 2 amide bonds. The molecule has 27 heavy (non-hydrogen) atoms. The number of hydrogen-bond acceptors (Lipinski definition) is 6. The van der Waals surface area contributed by atoms with E-state index in [1.807, 2.05) is 45.0 Å². The van der Waals surface area contributed by atoms with E-state index in [4.69, 9.17) is 9.26 Å². The molecule has 1 aromatic carbocycles. The van der Waals surface area contributed by atoms with Gasteiger partial charge in [0.05, 0.1) is 13.7 Å². The fourth-order valence-corrected chi connectivity index (χ4v) is 2.50. The van der Waals surface area contributed by atoms with Crippen molar-refractivity contribution in [3.05, 3.63) is 30.2 Å². The molecule has 0 aliphatic carbocycles. The summed E-state index contributed by atoms with van der Waals surface area (Å²) in [7, 11) is 1.60. The van der Waals surface area contributed by atoms with E-state index in [0.717, 1.165) is 11.3 Å². The van der Waals surface area contributed by atoms with E-state index in [1.54, 1.807) is 7.11 Å². The molecule has 0 unspecified atom stereocenters. The number of carbonyl (C=O) groups is 2. The molecule has 0 saturated carbocycles. The lowest BCUT2D eigenvalue weighted by atomic mass is 10.2. The summed E-state index contributed by atoms with van der Waals surface area (Å²) in [5, 5.41) is 6.73. The Morgan fingerprint density at radius 1 is 1.26 bits per heavy atom. The van der Waals surface area contributed by atoms with Gasteiger partial charge in [0.1, 0.15) is 5.75 Å². The van der Waals surface area contributed by atoms with Gasteiger partial charge in [-0.3, -0.25) is 9.59 Å². The predicted octanol–water partition coefficient (Wildman–Crippen LogP) is 2.05. The van der Waals surface area contributed by atoms with Gasteiger partial charge >= 0.3 is 0 Å². The minimum atomic E-state index is -0.167. The first-order chi connectivity index (χ1) is 12.9. The summed E-state index contributed by atoms with van der Waals surface area (Å²) in [4.78, 5) is 30.0. The topological polar surface area (TPSA) is 97.6 Å². The number of benzene rings is 1. The van der Waals surface area contributed by atoms with Crippen molar-refractivity contribution in [2.45, 2.75) is 39.7 Å². The average molecular weight is 374 g/mol. The second kappa shape index (κ2) is 9.70. The molecule has 0 fully saturated rings. The van der Waals surface area contributed by atoms with Gasteiger partial charge in [0, 0.05) is 31.0 Å². The third-order valence-electron chi connectivity index (χ3n) is 3.89. The van der Waals surface area contributed by atoms with Crippen molar-refractivity contribution >= 4 is 11.8 Å². The molecule has 146 valence electrons. The van der Waals surface area contributed by atoms with Crippen molar-refractivity contribution in [2.75, 3.05) is 20.2 Å². The number of ether oxygens (including phenoxy) is 1. The number of nitrogens with one attached hydrogen (secondary N) is 1. The van der Waals surface area contributed by atoms with Crippen LogP contribution in [0.5, 0.6) is 5.75 Å². The standard InChI is InChI=1S/C19H26N4O4/c1-5-23(12-16(24)20-13(2)3)18(25)11-10-17-21-19(22-27-17)14-6-8-15(26-4)9-7-14/h6-9,13H,5,10-12H2,1-4H3,(H,20,24). The largest absolute Gasteiger partial charge is 0.497 e. The highest BCUT2D eigenvalue weighted by Gasteiger charge is 2.17. The Hall–Kier alpha value is -2.90. The molecule has 0 saturated heterocycles. The molecule has 0 atom stereocenters. The van der Waals surface area contributed by atoms with Crippen LogP contribution in [0.3, 0.4) is 0 Å². The maximum atomic E-state index is 12.4. The van der Waals surface area contributed by atoms with Gasteiger partial charge in [0.25, 0.3) is 0 Å². The number of likely N-dealkylation sites (N-methyl/N-ethyl adjacent to an activating group) is 1. The molecule has 0 aliphatic heterocycles. The fraction of sp³-hybridized carbons (Fsp3) is 0.474. The number of hydrogen-bond donors (Lipinski definition) is 1. The Kier molecular flexibility index (Phi) is 7.34. The van der Waals surface area contributed by atoms with E-state index < -0.39 is 0 Å². The quantitative estimate of drug-likeness (QED) is 0.721. The number of rotatable bonds is 9. The van der Waals surface area contributed by atoms with E-state index in [2.05, 4.69) is 15.5 Å². The molecule has 1 aromatic heterocycles. The highest BCUT2D eigenvalue weighted by molar-refractivity contribution is 5.84. The van der Waals surface area contributed by atoms with Crippen LogP contribution in [0, 0.1) is 0 Å². The Labute approximate surface area is 158 Å². The highest BCUT2D eigenvalue weighted by Crippen LogP contribution is 2.20. The minimum absolute atomic E-state index is 0.0427. The lowest BCUT2D eigenvalue weighted by Gasteiger charge is -2.20. The zero-order valence-corrected chi connectivity index (χ0v) is 16.2. The van der Waals surface area contributed by atoms with Crippen LogP contribution in [-0.2, 0) is 16.0 Å². The number of aromatic nitrogens is 2. The number of methoxy groups -OCH3 is 1. The van der Waals surface area contributed by atoms with Gasteiger partial charge < -0.3 is 19.5 Å². The molecule has 0 spiro atoms. The van der Waals surface area contributed by atoms with Gasteiger partial charge in [-0.2, -0.15) is 4.98 Å². The van der Waals surface area contributed by atoms with Gasteiger partial charge in [-0.1, -0.05) is 5.16 Å². The Bertz CT molecular complexity index is 755. The number of aryl methyl sites for hydroxylation is 1. The average Bonchev–Trinajstić information content (AvgIpc) is 3.12. The van der Waals surface area contributed by atoms with Crippen LogP contribution < -0.4 is 10.1 Å². The van der Waals surface area contributed by atoms with Crippen LogP contribution in [0.4, 0.5) is 0 Å². The summed E-state index contributed by atoms with van der Waals surface area (Å²) in [6.45, 7) is 6.12. The lowest BCUT2D eigenvalue weighted by molar-refractivity contribution is -0.136. The van der Waals surface area contributed by atoms with Crippen LogP contribution in [0.15, 0.2) is 28.8 Å². The molecular formula is C19H26N4O4. The maximum Gasteiger partial charge on any atom is 0.239 e. The van der Waals surface area contributed by atoms with Crippen molar-refractivity contribution < 1.29 is 18.8 Å².